The fraction of sp³-hybridized carbons (Fsp3) is 1.00. The number of ether oxygens (including phenoxy) is 1. The van der Waals surface area contributed by atoms with Crippen LogP contribution in [0.1, 0.15) is 6.42 Å². The monoisotopic (exact) mass is 113 g/mol. The van der Waals surface area contributed by atoms with Crippen molar-refractivity contribution in [2.24, 2.45) is 0 Å². The highest BCUT2D eigenvalue weighted by Gasteiger charge is 2.41. The SMILES string of the molecule is CN1CC[C@@H]2O[C@H]2C1. The van der Waals surface area contributed by atoms with Crippen LogP contribution in [0.3, 0.4) is 0 Å². The summed E-state index contributed by atoms with van der Waals surface area (Å²) in [4.78, 5) is 2.33. The minimum Gasteiger partial charge on any atom is -0.368 e. The Bertz CT molecular complexity index is 105. The lowest BCUT2D eigenvalue weighted by atomic mass is 10.1. The second-order valence-electron chi connectivity index (χ2n) is 2.76. The number of piperidine rings is 1. The number of likely N-dealkylation sites (tertiary alicyclic amines) is 1. The second kappa shape index (κ2) is 1.45. The van der Waals surface area contributed by atoms with E-state index in [0.29, 0.717) is 12.2 Å². The molecule has 2 aliphatic heterocycles. The van der Waals surface area contributed by atoms with Crippen molar-refractivity contribution in [2.45, 2.75) is 18.6 Å². The Morgan fingerprint density at radius 1 is 1.50 bits per heavy atom. The first-order valence-electron chi connectivity index (χ1n) is 3.20. The fourth-order valence-electron chi connectivity index (χ4n) is 1.34. The van der Waals surface area contributed by atoms with Gasteiger partial charge >= 0.3 is 0 Å². The molecule has 0 aromatic heterocycles. The van der Waals surface area contributed by atoms with Crippen LogP contribution in [-0.4, -0.2) is 37.2 Å². The minimum atomic E-state index is 0.605. The number of nitrogens with zero attached hydrogens (tertiary/aromatic N) is 1. The summed E-state index contributed by atoms with van der Waals surface area (Å²) in [5.41, 5.74) is 0. The summed E-state index contributed by atoms with van der Waals surface area (Å²) >= 11 is 0. The van der Waals surface area contributed by atoms with Crippen LogP contribution in [0.2, 0.25) is 0 Å². The van der Waals surface area contributed by atoms with Crippen molar-refractivity contribution in [2.75, 3.05) is 20.1 Å². The van der Waals surface area contributed by atoms with E-state index in [-0.39, 0.29) is 0 Å². The zero-order chi connectivity index (χ0) is 5.56. The van der Waals surface area contributed by atoms with Gasteiger partial charge < -0.3 is 9.64 Å². The molecule has 0 aromatic rings. The van der Waals surface area contributed by atoms with E-state index in [1.54, 1.807) is 0 Å². The molecule has 0 radical (unpaired) electrons. The number of rotatable bonds is 0. The van der Waals surface area contributed by atoms with Gasteiger partial charge in [0.25, 0.3) is 0 Å². The first-order valence-corrected chi connectivity index (χ1v) is 3.20. The lowest BCUT2D eigenvalue weighted by Gasteiger charge is -2.17. The first-order chi connectivity index (χ1) is 3.86. The molecule has 0 aliphatic carbocycles. The highest BCUT2D eigenvalue weighted by atomic mass is 16.6. The van der Waals surface area contributed by atoms with E-state index in [0.717, 1.165) is 6.54 Å². The van der Waals surface area contributed by atoms with Crippen molar-refractivity contribution in [3.63, 3.8) is 0 Å². The van der Waals surface area contributed by atoms with Crippen molar-refractivity contribution in [3.05, 3.63) is 0 Å². The quantitative estimate of drug-likeness (QED) is 0.414. The first kappa shape index (κ1) is 4.77. The van der Waals surface area contributed by atoms with Crippen LogP contribution in [-0.2, 0) is 4.74 Å². The second-order valence-corrected chi connectivity index (χ2v) is 2.76. The highest BCUT2D eigenvalue weighted by molar-refractivity contribution is 4.91. The van der Waals surface area contributed by atoms with Crippen LogP contribution in [0.5, 0.6) is 0 Å². The molecule has 2 atom stereocenters. The maximum atomic E-state index is 5.31. The van der Waals surface area contributed by atoms with Gasteiger partial charge in [0.2, 0.25) is 0 Å². The third-order valence-electron chi connectivity index (χ3n) is 1.97. The van der Waals surface area contributed by atoms with Gasteiger partial charge in [-0.3, -0.25) is 0 Å². The molecular weight excluding hydrogens is 102 g/mol. The topological polar surface area (TPSA) is 15.8 Å². The smallest absolute Gasteiger partial charge is 0.0968 e. The molecule has 2 heteroatoms. The maximum Gasteiger partial charge on any atom is 0.0968 e. The van der Waals surface area contributed by atoms with Gasteiger partial charge in [0.15, 0.2) is 0 Å². The van der Waals surface area contributed by atoms with E-state index < -0.39 is 0 Å². The van der Waals surface area contributed by atoms with Gasteiger partial charge in [0.1, 0.15) is 0 Å². The van der Waals surface area contributed by atoms with Crippen molar-refractivity contribution in [1.29, 1.82) is 0 Å². The van der Waals surface area contributed by atoms with Crippen LogP contribution in [0.25, 0.3) is 0 Å². The zero-order valence-corrected chi connectivity index (χ0v) is 5.13. The molecule has 2 nitrogen and oxygen atoms in total. The summed E-state index contributed by atoms with van der Waals surface area (Å²) in [6, 6.07) is 0. The molecule has 2 saturated heterocycles. The van der Waals surface area contributed by atoms with Crippen LogP contribution in [0.4, 0.5) is 0 Å². The Kier molecular flexibility index (Phi) is 0.866. The highest BCUT2D eigenvalue weighted by Crippen LogP contribution is 2.29. The summed E-state index contributed by atoms with van der Waals surface area (Å²) in [5.74, 6) is 0. The molecule has 2 rings (SSSR count). The zero-order valence-electron chi connectivity index (χ0n) is 5.13. The standard InChI is InChI=1S/C6H11NO/c1-7-3-2-5-6(4-7)8-5/h5-6H,2-4H2,1H3/t5-,6-/m0/s1. The third-order valence-corrected chi connectivity index (χ3v) is 1.97. The predicted octanol–water partition coefficient (Wildman–Crippen LogP) is 0.0893. The van der Waals surface area contributed by atoms with Gasteiger partial charge in [-0.25, -0.2) is 0 Å². The Hall–Kier alpha value is -0.0800. The van der Waals surface area contributed by atoms with Crippen molar-refractivity contribution >= 4 is 0 Å². The largest absolute Gasteiger partial charge is 0.368 e. The van der Waals surface area contributed by atoms with E-state index in [4.69, 9.17) is 4.74 Å². The normalized spacial score (nSPS) is 46.1. The molecule has 0 amide bonds. The Balaban J connectivity index is 1.93. The number of epoxide rings is 1. The average molecular weight is 113 g/mol. The molecule has 0 aromatic carbocycles. The van der Waals surface area contributed by atoms with E-state index in [1.807, 2.05) is 0 Å². The van der Waals surface area contributed by atoms with Gasteiger partial charge in [0, 0.05) is 13.1 Å². The van der Waals surface area contributed by atoms with E-state index in [9.17, 15) is 0 Å². The van der Waals surface area contributed by atoms with E-state index in [1.165, 1.54) is 13.0 Å². The Morgan fingerprint density at radius 2 is 2.38 bits per heavy atom. The average Bonchev–Trinajstić information content (AvgIpc) is 2.43. The Labute approximate surface area is 49.4 Å². The third kappa shape index (κ3) is 0.644. The van der Waals surface area contributed by atoms with Gasteiger partial charge in [-0.1, -0.05) is 0 Å². The molecular formula is C6H11NO. The predicted molar refractivity (Wildman–Crippen MR) is 30.8 cm³/mol. The molecule has 0 spiro atoms. The van der Waals surface area contributed by atoms with Crippen LogP contribution in [0, 0.1) is 0 Å². The molecule has 0 saturated carbocycles. The molecule has 0 bridgehead atoms. The van der Waals surface area contributed by atoms with E-state index >= 15 is 0 Å². The maximum absolute atomic E-state index is 5.31. The summed E-state index contributed by atoms with van der Waals surface area (Å²) in [5, 5.41) is 0. The lowest BCUT2D eigenvalue weighted by Crippen LogP contribution is -2.30. The van der Waals surface area contributed by atoms with Crippen molar-refractivity contribution in [3.8, 4) is 0 Å². The summed E-state index contributed by atoms with van der Waals surface area (Å²) in [7, 11) is 2.15. The van der Waals surface area contributed by atoms with Crippen LogP contribution < -0.4 is 0 Å². The number of likely N-dealkylation sites (N-methyl/N-ethyl adjacent to an activating group) is 1. The lowest BCUT2D eigenvalue weighted by molar-refractivity contribution is 0.296. The van der Waals surface area contributed by atoms with Crippen molar-refractivity contribution in [1.82, 2.24) is 4.90 Å². The molecule has 0 unspecified atom stereocenters. The summed E-state index contributed by atoms with van der Waals surface area (Å²) < 4.78 is 5.31. The number of hydrogen-bond acceptors (Lipinski definition) is 2. The van der Waals surface area contributed by atoms with Crippen LogP contribution in [0.15, 0.2) is 0 Å². The molecule has 2 heterocycles. The summed E-state index contributed by atoms with van der Waals surface area (Å²) in [6.45, 7) is 2.38. The number of hydrogen-bond donors (Lipinski definition) is 0. The van der Waals surface area contributed by atoms with Gasteiger partial charge in [-0.2, -0.15) is 0 Å². The van der Waals surface area contributed by atoms with Crippen molar-refractivity contribution < 1.29 is 4.74 Å². The molecule has 2 fully saturated rings. The molecule has 2 aliphatic rings. The summed E-state index contributed by atoms with van der Waals surface area (Å²) in [6.07, 6.45) is 2.50. The number of fused-ring (bicyclic) bond motifs is 1. The molecule has 8 heavy (non-hydrogen) atoms. The van der Waals surface area contributed by atoms with Gasteiger partial charge in [-0.15, -0.1) is 0 Å². The minimum absolute atomic E-state index is 0.605. The van der Waals surface area contributed by atoms with E-state index in [2.05, 4.69) is 11.9 Å². The van der Waals surface area contributed by atoms with Gasteiger partial charge in [-0.05, 0) is 13.5 Å². The molecule has 0 N–H and O–H groups in total. The Morgan fingerprint density at radius 3 is 3.00 bits per heavy atom. The fourth-order valence-corrected chi connectivity index (χ4v) is 1.34. The van der Waals surface area contributed by atoms with Crippen LogP contribution >= 0.6 is 0 Å². The molecule has 46 valence electrons. The van der Waals surface area contributed by atoms with Gasteiger partial charge in [0.05, 0.1) is 12.2 Å².